The second-order valence-electron chi connectivity index (χ2n) is 2.58. The molecule has 0 aliphatic heterocycles. The zero-order valence-electron chi connectivity index (χ0n) is 9.02. The van der Waals surface area contributed by atoms with Gasteiger partial charge in [0.2, 0.25) is 0 Å². The molecule has 0 saturated carbocycles. The van der Waals surface area contributed by atoms with Gasteiger partial charge in [-0.25, -0.2) is 0 Å². The van der Waals surface area contributed by atoms with Crippen molar-refractivity contribution in [3.8, 4) is 0 Å². The van der Waals surface area contributed by atoms with Gasteiger partial charge in [0.25, 0.3) is 12.5 Å². The Hall–Kier alpha value is -1.17. The monoisotopic (exact) mass is 205 g/mol. The minimum absolute atomic E-state index is 0.775. The first-order valence-electron chi connectivity index (χ1n) is 4.60. The molecule has 6 nitrogen and oxygen atoms in total. The number of nitrogens with zero attached hydrogens (tertiary/aromatic N) is 2. The molecule has 0 bridgehead atoms. The van der Waals surface area contributed by atoms with Crippen LogP contribution in [0, 0.1) is 10.1 Å². The number of hydrogen-bond acceptors (Lipinski definition) is 4. The molecule has 0 aliphatic carbocycles. The third kappa shape index (κ3) is 13.4. The van der Waals surface area contributed by atoms with Crippen molar-refractivity contribution in [2.75, 3.05) is 26.2 Å². The lowest BCUT2D eigenvalue weighted by molar-refractivity contribution is -0.467. The SMILES string of the molecule is CCN(CC)CC.NC(=O)C[N+](=O)[O-]. The summed E-state index contributed by atoms with van der Waals surface area (Å²) in [5, 5.41) is 9.31. The predicted molar refractivity (Wildman–Crippen MR) is 54.5 cm³/mol. The van der Waals surface area contributed by atoms with E-state index >= 15 is 0 Å². The molecule has 0 spiro atoms. The number of amides is 1. The maximum absolute atomic E-state index is 9.59. The van der Waals surface area contributed by atoms with Crippen LogP contribution in [0.3, 0.4) is 0 Å². The summed E-state index contributed by atoms with van der Waals surface area (Å²) in [5.74, 6) is -0.912. The van der Waals surface area contributed by atoms with E-state index in [1.165, 1.54) is 19.6 Å². The van der Waals surface area contributed by atoms with E-state index in [0.29, 0.717) is 0 Å². The molecule has 6 heteroatoms. The molecule has 0 saturated heterocycles. The highest BCUT2D eigenvalue weighted by Crippen LogP contribution is 1.81. The van der Waals surface area contributed by atoms with Crippen molar-refractivity contribution in [2.45, 2.75) is 20.8 Å². The molecule has 0 fully saturated rings. The van der Waals surface area contributed by atoms with E-state index in [0.717, 1.165) is 0 Å². The minimum atomic E-state index is -0.912. The zero-order valence-corrected chi connectivity index (χ0v) is 9.02. The molecule has 1 amide bonds. The third-order valence-electron chi connectivity index (χ3n) is 1.63. The van der Waals surface area contributed by atoms with Crippen molar-refractivity contribution in [3.05, 3.63) is 10.1 Å². The molecule has 0 radical (unpaired) electrons. The van der Waals surface area contributed by atoms with E-state index in [9.17, 15) is 14.9 Å². The Labute approximate surface area is 84.2 Å². The Morgan fingerprint density at radius 1 is 1.29 bits per heavy atom. The number of carbonyl (C=O) groups excluding carboxylic acids is 1. The number of carbonyl (C=O) groups is 1. The van der Waals surface area contributed by atoms with E-state index in [2.05, 4.69) is 31.4 Å². The van der Waals surface area contributed by atoms with Crippen LogP contribution in [0.2, 0.25) is 0 Å². The molecule has 0 aliphatic rings. The maximum atomic E-state index is 9.59. The van der Waals surface area contributed by atoms with Crippen molar-refractivity contribution in [1.29, 1.82) is 0 Å². The Morgan fingerprint density at radius 3 is 1.64 bits per heavy atom. The summed E-state index contributed by atoms with van der Waals surface area (Å²) in [6.07, 6.45) is 0. The fourth-order valence-electron chi connectivity index (χ4n) is 0.798. The number of nitro groups is 1. The molecule has 84 valence electrons. The standard InChI is InChI=1S/C6H15N.C2H4N2O3/c1-4-7(5-2)6-3;3-2(5)1-4(6)7/h4-6H2,1-3H3;1H2,(H2,3,5). The molecule has 0 unspecified atom stereocenters. The Kier molecular flexibility index (Phi) is 10.8. The Morgan fingerprint density at radius 2 is 1.64 bits per heavy atom. The van der Waals surface area contributed by atoms with Gasteiger partial charge in [-0.2, -0.15) is 0 Å². The first-order chi connectivity index (χ1) is 6.47. The maximum Gasteiger partial charge on any atom is 0.289 e. The van der Waals surface area contributed by atoms with E-state index in [1.54, 1.807) is 0 Å². The van der Waals surface area contributed by atoms with Crippen molar-refractivity contribution in [3.63, 3.8) is 0 Å². The predicted octanol–water partition coefficient (Wildman–Crippen LogP) is 0.0965. The summed E-state index contributed by atoms with van der Waals surface area (Å²) in [5.41, 5.74) is 4.41. The number of rotatable bonds is 5. The summed E-state index contributed by atoms with van der Waals surface area (Å²) in [6.45, 7) is 9.35. The third-order valence-corrected chi connectivity index (χ3v) is 1.63. The average molecular weight is 205 g/mol. The normalized spacial score (nSPS) is 9.14. The van der Waals surface area contributed by atoms with Crippen LogP contribution in [-0.4, -0.2) is 41.9 Å². The molecule has 2 N–H and O–H groups in total. The smallest absolute Gasteiger partial charge is 0.289 e. The van der Waals surface area contributed by atoms with Crippen molar-refractivity contribution in [2.24, 2.45) is 5.73 Å². The van der Waals surface area contributed by atoms with Crippen LogP contribution in [0.15, 0.2) is 0 Å². The van der Waals surface area contributed by atoms with Gasteiger partial charge in [0.05, 0.1) is 0 Å². The van der Waals surface area contributed by atoms with Gasteiger partial charge < -0.3 is 10.6 Å². The molecule has 0 aromatic rings. The lowest BCUT2D eigenvalue weighted by atomic mass is 10.5. The van der Waals surface area contributed by atoms with Gasteiger partial charge in [0.1, 0.15) is 0 Å². The topological polar surface area (TPSA) is 89.5 Å². The van der Waals surface area contributed by atoms with E-state index in [-0.39, 0.29) is 0 Å². The van der Waals surface area contributed by atoms with Crippen LogP contribution in [-0.2, 0) is 4.79 Å². The second kappa shape index (κ2) is 9.91. The van der Waals surface area contributed by atoms with Crippen LogP contribution in [0.5, 0.6) is 0 Å². The van der Waals surface area contributed by atoms with Crippen LogP contribution in [0.4, 0.5) is 0 Å². The van der Waals surface area contributed by atoms with E-state index < -0.39 is 17.4 Å². The molecule has 0 aromatic carbocycles. The van der Waals surface area contributed by atoms with Crippen molar-refractivity contribution >= 4 is 5.91 Å². The highest BCUT2D eigenvalue weighted by molar-refractivity contribution is 5.74. The first kappa shape index (κ1) is 15.3. The van der Waals surface area contributed by atoms with Crippen molar-refractivity contribution < 1.29 is 9.72 Å². The van der Waals surface area contributed by atoms with Crippen LogP contribution < -0.4 is 5.73 Å². The zero-order chi connectivity index (χ0) is 11.6. The van der Waals surface area contributed by atoms with E-state index in [4.69, 9.17) is 0 Å². The van der Waals surface area contributed by atoms with E-state index in [1.807, 2.05) is 0 Å². The average Bonchev–Trinajstić information content (AvgIpc) is 2.06. The van der Waals surface area contributed by atoms with Gasteiger partial charge in [-0.3, -0.25) is 14.9 Å². The molecule has 0 heterocycles. The van der Waals surface area contributed by atoms with Gasteiger partial charge in [-0.1, -0.05) is 20.8 Å². The summed E-state index contributed by atoms with van der Waals surface area (Å²) in [7, 11) is 0. The number of primary amides is 1. The van der Waals surface area contributed by atoms with Gasteiger partial charge in [0.15, 0.2) is 0 Å². The number of nitrogens with two attached hydrogens (primary N) is 1. The molecule has 14 heavy (non-hydrogen) atoms. The Balaban J connectivity index is 0. The largest absolute Gasteiger partial charge is 0.364 e. The Bertz CT molecular complexity index is 152. The summed E-state index contributed by atoms with van der Waals surface area (Å²) < 4.78 is 0. The fourth-order valence-corrected chi connectivity index (χ4v) is 0.798. The van der Waals surface area contributed by atoms with Crippen LogP contribution in [0.1, 0.15) is 20.8 Å². The van der Waals surface area contributed by atoms with Crippen LogP contribution >= 0.6 is 0 Å². The van der Waals surface area contributed by atoms with Crippen molar-refractivity contribution in [1.82, 2.24) is 4.90 Å². The molecule has 0 atom stereocenters. The second-order valence-corrected chi connectivity index (χ2v) is 2.58. The summed E-state index contributed by atoms with van der Waals surface area (Å²) >= 11 is 0. The highest BCUT2D eigenvalue weighted by Gasteiger charge is 2.00. The fraction of sp³-hybridized carbons (Fsp3) is 0.875. The first-order valence-corrected chi connectivity index (χ1v) is 4.60. The molecule has 0 aromatic heterocycles. The number of hydrogen-bond donors (Lipinski definition) is 1. The minimum Gasteiger partial charge on any atom is -0.364 e. The lowest BCUT2D eigenvalue weighted by Gasteiger charge is -2.13. The lowest BCUT2D eigenvalue weighted by Crippen LogP contribution is -2.21. The molecular weight excluding hydrogens is 186 g/mol. The summed E-state index contributed by atoms with van der Waals surface area (Å²) in [4.78, 5) is 20.5. The summed E-state index contributed by atoms with van der Waals surface area (Å²) in [6, 6.07) is 0. The van der Waals surface area contributed by atoms with Crippen LogP contribution in [0.25, 0.3) is 0 Å². The molecular formula is C8H19N3O3. The van der Waals surface area contributed by atoms with Gasteiger partial charge in [-0.15, -0.1) is 0 Å². The highest BCUT2D eigenvalue weighted by atomic mass is 16.6. The van der Waals surface area contributed by atoms with Gasteiger partial charge in [0, 0.05) is 4.92 Å². The van der Waals surface area contributed by atoms with Gasteiger partial charge in [-0.05, 0) is 19.6 Å². The van der Waals surface area contributed by atoms with Gasteiger partial charge >= 0.3 is 0 Å². The molecule has 0 rings (SSSR count). The quantitative estimate of drug-likeness (QED) is 0.509.